The second kappa shape index (κ2) is 5.31. The first-order valence-corrected chi connectivity index (χ1v) is 5.46. The van der Waals surface area contributed by atoms with Crippen molar-refractivity contribution in [2.75, 3.05) is 11.9 Å². The fraction of sp³-hybridized carbons (Fsp3) is 0.167. The molecular formula is C12H12FN3O2. The van der Waals surface area contributed by atoms with Gasteiger partial charge in [-0.1, -0.05) is 18.2 Å². The third-order valence-electron chi connectivity index (χ3n) is 2.43. The number of nitrogens with one attached hydrogen (secondary N) is 3. The van der Waals surface area contributed by atoms with Crippen molar-refractivity contribution in [1.82, 2.24) is 9.97 Å². The number of anilines is 1. The van der Waals surface area contributed by atoms with E-state index in [1.807, 2.05) is 0 Å². The topological polar surface area (TPSA) is 77.8 Å². The molecule has 1 aromatic carbocycles. The SMILES string of the molecule is O=c1cc(NCCc2ccccc2F)[nH]c(=O)[nH]1. The summed E-state index contributed by atoms with van der Waals surface area (Å²) in [5, 5.41) is 2.86. The number of hydrogen-bond acceptors (Lipinski definition) is 3. The number of halogens is 1. The summed E-state index contributed by atoms with van der Waals surface area (Å²) in [6.07, 6.45) is 0.460. The van der Waals surface area contributed by atoms with E-state index >= 15 is 0 Å². The van der Waals surface area contributed by atoms with E-state index in [0.29, 0.717) is 24.3 Å². The number of benzene rings is 1. The molecule has 6 heteroatoms. The Morgan fingerprint density at radius 3 is 2.67 bits per heavy atom. The predicted molar refractivity (Wildman–Crippen MR) is 66.3 cm³/mol. The summed E-state index contributed by atoms with van der Waals surface area (Å²) < 4.78 is 13.3. The lowest BCUT2D eigenvalue weighted by Crippen LogP contribution is -2.23. The molecule has 0 aliphatic heterocycles. The predicted octanol–water partition coefficient (Wildman–Crippen LogP) is 0.857. The molecule has 0 radical (unpaired) electrons. The van der Waals surface area contributed by atoms with Crippen molar-refractivity contribution in [2.24, 2.45) is 0 Å². The van der Waals surface area contributed by atoms with Gasteiger partial charge in [0.05, 0.1) is 0 Å². The van der Waals surface area contributed by atoms with Gasteiger partial charge in [-0.05, 0) is 18.1 Å². The zero-order chi connectivity index (χ0) is 13.0. The van der Waals surface area contributed by atoms with Gasteiger partial charge >= 0.3 is 5.69 Å². The summed E-state index contributed by atoms with van der Waals surface area (Å²) in [5.74, 6) is 0.0544. The van der Waals surface area contributed by atoms with Gasteiger partial charge in [0.2, 0.25) is 0 Å². The van der Waals surface area contributed by atoms with Crippen LogP contribution in [-0.2, 0) is 6.42 Å². The largest absolute Gasteiger partial charge is 0.371 e. The van der Waals surface area contributed by atoms with Crippen LogP contribution in [0.2, 0.25) is 0 Å². The van der Waals surface area contributed by atoms with Crippen molar-refractivity contribution in [2.45, 2.75) is 6.42 Å². The van der Waals surface area contributed by atoms with E-state index < -0.39 is 11.2 Å². The first-order chi connectivity index (χ1) is 8.65. The quantitative estimate of drug-likeness (QED) is 0.752. The number of aromatic amines is 2. The molecule has 0 aliphatic carbocycles. The maximum absolute atomic E-state index is 13.3. The van der Waals surface area contributed by atoms with Crippen LogP contribution in [0.3, 0.4) is 0 Å². The Labute approximate surface area is 102 Å². The van der Waals surface area contributed by atoms with E-state index in [1.54, 1.807) is 18.2 Å². The monoisotopic (exact) mass is 249 g/mol. The Balaban J connectivity index is 1.99. The highest BCUT2D eigenvalue weighted by atomic mass is 19.1. The van der Waals surface area contributed by atoms with Crippen molar-refractivity contribution in [1.29, 1.82) is 0 Å². The Hall–Kier alpha value is -2.37. The van der Waals surface area contributed by atoms with E-state index in [9.17, 15) is 14.0 Å². The third kappa shape index (κ3) is 3.07. The standard InChI is InChI=1S/C12H12FN3O2/c13-9-4-2-1-3-8(9)5-6-14-10-7-11(17)16-12(18)15-10/h1-4,7H,5-6H2,(H3,14,15,16,17,18). The second-order valence-electron chi connectivity index (χ2n) is 3.77. The van der Waals surface area contributed by atoms with Crippen LogP contribution >= 0.6 is 0 Å². The van der Waals surface area contributed by atoms with Gasteiger partial charge in [0.15, 0.2) is 0 Å². The maximum atomic E-state index is 13.3. The fourth-order valence-electron chi connectivity index (χ4n) is 1.60. The minimum absolute atomic E-state index is 0.265. The van der Waals surface area contributed by atoms with Crippen molar-refractivity contribution >= 4 is 5.82 Å². The van der Waals surface area contributed by atoms with Crippen LogP contribution in [0.25, 0.3) is 0 Å². The fourth-order valence-corrected chi connectivity index (χ4v) is 1.60. The van der Waals surface area contributed by atoms with Gasteiger partial charge in [-0.15, -0.1) is 0 Å². The average Bonchev–Trinajstić information content (AvgIpc) is 2.30. The molecule has 0 fully saturated rings. The van der Waals surface area contributed by atoms with Crippen LogP contribution in [0.15, 0.2) is 39.9 Å². The zero-order valence-corrected chi connectivity index (χ0v) is 9.50. The molecule has 0 saturated carbocycles. The third-order valence-corrected chi connectivity index (χ3v) is 2.43. The van der Waals surface area contributed by atoms with E-state index in [-0.39, 0.29) is 5.82 Å². The summed E-state index contributed by atoms with van der Waals surface area (Å²) in [5.41, 5.74) is -0.472. The number of rotatable bonds is 4. The molecule has 94 valence electrons. The van der Waals surface area contributed by atoms with Crippen LogP contribution in [0.4, 0.5) is 10.2 Å². The Morgan fingerprint density at radius 1 is 1.17 bits per heavy atom. The molecule has 1 aromatic heterocycles. The molecule has 0 unspecified atom stereocenters. The van der Waals surface area contributed by atoms with Gasteiger partial charge < -0.3 is 5.32 Å². The molecular weight excluding hydrogens is 237 g/mol. The van der Waals surface area contributed by atoms with Crippen LogP contribution in [0, 0.1) is 5.82 Å². The summed E-state index contributed by atoms with van der Waals surface area (Å²) in [6.45, 7) is 0.417. The highest BCUT2D eigenvalue weighted by Crippen LogP contribution is 2.07. The molecule has 3 N–H and O–H groups in total. The lowest BCUT2D eigenvalue weighted by atomic mass is 10.1. The summed E-state index contributed by atoms with van der Waals surface area (Å²) in [6, 6.07) is 7.71. The lowest BCUT2D eigenvalue weighted by Gasteiger charge is -2.06. The Bertz CT molecular complexity index is 620. The van der Waals surface area contributed by atoms with Gasteiger partial charge in [-0.2, -0.15) is 0 Å². The second-order valence-corrected chi connectivity index (χ2v) is 3.77. The molecule has 0 bridgehead atoms. The van der Waals surface area contributed by atoms with Gasteiger partial charge in [0.1, 0.15) is 11.6 Å². The van der Waals surface area contributed by atoms with Crippen molar-refractivity contribution in [3.05, 3.63) is 62.6 Å². The smallest absolute Gasteiger partial charge is 0.327 e. The average molecular weight is 249 g/mol. The molecule has 0 atom stereocenters. The minimum Gasteiger partial charge on any atom is -0.371 e. The van der Waals surface area contributed by atoms with Crippen molar-refractivity contribution < 1.29 is 4.39 Å². The highest BCUT2D eigenvalue weighted by molar-refractivity contribution is 5.32. The summed E-state index contributed by atoms with van der Waals surface area (Å²) in [7, 11) is 0. The van der Waals surface area contributed by atoms with Gasteiger partial charge in [0.25, 0.3) is 5.56 Å². The molecule has 0 spiro atoms. The van der Waals surface area contributed by atoms with E-state index in [1.165, 1.54) is 12.1 Å². The first-order valence-electron chi connectivity index (χ1n) is 5.46. The molecule has 18 heavy (non-hydrogen) atoms. The summed E-state index contributed by atoms with van der Waals surface area (Å²) in [4.78, 5) is 26.5. The van der Waals surface area contributed by atoms with Crippen LogP contribution in [0.1, 0.15) is 5.56 Å². The number of hydrogen-bond donors (Lipinski definition) is 3. The molecule has 2 rings (SSSR count). The molecule has 2 aromatic rings. The summed E-state index contributed by atoms with van der Waals surface area (Å²) >= 11 is 0. The molecule has 1 heterocycles. The van der Waals surface area contributed by atoms with Gasteiger partial charge in [-0.3, -0.25) is 14.8 Å². The normalized spacial score (nSPS) is 10.3. The van der Waals surface area contributed by atoms with E-state index in [4.69, 9.17) is 0 Å². The first kappa shape index (κ1) is 12.1. The molecule has 0 aliphatic rings. The van der Waals surface area contributed by atoms with E-state index in [2.05, 4.69) is 15.3 Å². The zero-order valence-electron chi connectivity index (χ0n) is 9.50. The number of aromatic nitrogens is 2. The van der Waals surface area contributed by atoms with Crippen LogP contribution < -0.4 is 16.6 Å². The minimum atomic E-state index is -0.573. The highest BCUT2D eigenvalue weighted by Gasteiger charge is 2.00. The Kier molecular flexibility index (Phi) is 3.57. The van der Waals surface area contributed by atoms with E-state index in [0.717, 1.165) is 0 Å². The maximum Gasteiger partial charge on any atom is 0.327 e. The number of H-pyrrole nitrogens is 2. The Morgan fingerprint density at radius 2 is 1.94 bits per heavy atom. The van der Waals surface area contributed by atoms with Gasteiger partial charge in [-0.25, -0.2) is 9.18 Å². The van der Waals surface area contributed by atoms with Crippen LogP contribution in [-0.4, -0.2) is 16.5 Å². The lowest BCUT2D eigenvalue weighted by molar-refractivity contribution is 0.610. The van der Waals surface area contributed by atoms with Gasteiger partial charge in [0, 0.05) is 12.6 Å². The molecule has 0 saturated heterocycles. The molecule has 5 nitrogen and oxygen atoms in total. The van der Waals surface area contributed by atoms with Crippen LogP contribution in [0.5, 0.6) is 0 Å². The van der Waals surface area contributed by atoms with Crippen molar-refractivity contribution in [3.63, 3.8) is 0 Å². The molecule has 0 amide bonds. The van der Waals surface area contributed by atoms with Crippen molar-refractivity contribution in [3.8, 4) is 0 Å².